The SMILES string of the molecule is O=C(O)CC(=O)CC(=O)c1ccccc1O. The number of rotatable bonds is 5. The highest BCUT2D eigenvalue weighted by molar-refractivity contribution is 6.12. The van der Waals surface area contributed by atoms with E-state index in [1.807, 2.05) is 0 Å². The first kappa shape index (κ1) is 11.9. The summed E-state index contributed by atoms with van der Waals surface area (Å²) in [6, 6.07) is 5.81. The zero-order valence-corrected chi connectivity index (χ0v) is 8.34. The van der Waals surface area contributed by atoms with Gasteiger partial charge in [-0.3, -0.25) is 14.4 Å². The van der Waals surface area contributed by atoms with Crippen LogP contribution in [0, 0.1) is 0 Å². The summed E-state index contributed by atoms with van der Waals surface area (Å²) in [7, 11) is 0. The number of hydrogen-bond acceptors (Lipinski definition) is 4. The van der Waals surface area contributed by atoms with E-state index < -0.39 is 30.4 Å². The van der Waals surface area contributed by atoms with Crippen molar-refractivity contribution in [3.8, 4) is 5.75 Å². The van der Waals surface area contributed by atoms with Gasteiger partial charge in [-0.2, -0.15) is 0 Å². The Morgan fingerprint density at radius 1 is 1.06 bits per heavy atom. The minimum absolute atomic E-state index is 0.0289. The summed E-state index contributed by atoms with van der Waals surface area (Å²) in [5.41, 5.74) is 0.0289. The summed E-state index contributed by atoms with van der Waals surface area (Å²) in [5.74, 6) is -2.74. The van der Waals surface area contributed by atoms with Gasteiger partial charge in [0.05, 0.1) is 12.0 Å². The van der Waals surface area contributed by atoms with E-state index in [1.54, 1.807) is 12.1 Å². The van der Waals surface area contributed by atoms with Crippen LogP contribution in [0.15, 0.2) is 24.3 Å². The molecule has 1 rings (SSSR count). The van der Waals surface area contributed by atoms with Gasteiger partial charge < -0.3 is 10.2 Å². The molecule has 0 saturated heterocycles. The lowest BCUT2D eigenvalue weighted by Crippen LogP contribution is -2.12. The van der Waals surface area contributed by atoms with Crippen LogP contribution in [-0.2, 0) is 9.59 Å². The summed E-state index contributed by atoms with van der Waals surface area (Å²) < 4.78 is 0. The number of carbonyl (C=O) groups is 3. The second kappa shape index (κ2) is 5.06. The van der Waals surface area contributed by atoms with Gasteiger partial charge in [0, 0.05) is 0 Å². The molecule has 5 nitrogen and oxygen atoms in total. The average Bonchev–Trinajstić information content (AvgIpc) is 2.16. The number of phenols is 1. The van der Waals surface area contributed by atoms with Crippen LogP contribution in [0.4, 0.5) is 0 Å². The van der Waals surface area contributed by atoms with Crippen molar-refractivity contribution < 1.29 is 24.6 Å². The standard InChI is InChI=1S/C11H10O5/c12-7(6-11(15)16)5-10(14)8-3-1-2-4-9(8)13/h1-4,13H,5-6H2,(H,15,16). The molecule has 0 heterocycles. The first-order valence-electron chi connectivity index (χ1n) is 4.55. The number of carboxylic acids is 1. The van der Waals surface area contributed by atoms with E-state index in [2.05, 4.69) is 0 Å². The van der Waals surface area contributed by atoms with E-state index in [1.165, 1.54) is 12.1 Å². The fourth-order valence-corrected chi connectivity index (χ4v) is 1.21. The van der Waals surface area contributed by atoms with E-state index in [0.29, 0.717) is 0 Å². The Hall–Kier alpha value is -2.17. The molecule has 0 aliphatic heterocycles. The monoisotopic (exact) mass is 222 g/mol. The second-order valence-corrected chi connectivity index (χ2v) is 3.23. The lowest BCUT2D eigenvalue weighted by molar-refractivity contribution is -0.139. The summed E-state index contributed by atoms with van der Waals surface area (Å²) in [6.07, 6.45) is -1.19. The number of ketones is 2. The van der Waals surface area contributed by atoms with Crippen LogP contribution in [0.3, 0.4) is 0 Å². The molecule has 0 spiro atoms. The predicted molar refractivity (Wildman–Crippen MR) is 54.3 cm³/mol. The average molecular weight is 222 g/mol. The molecule has 1 aromatic carbocycles. The lowest BCUT2D eigenvalue weighted by atomic mass is 10.0. The number of aromatic hydroxyl groups is 1. The van der Waals surface area contributed by atoms with Gasteiger partial charge in [0.2, 0.25) is 0 Å². The van der Waals surface area contributed by atoms with Crippen molar-refractivity contribution in [1.29, 1.82) is 0 Å². The molecule has 1 aromatic rings. The normalized spacial score (nSPS) is 9.75. The Labute approximate surface area is 91.3 Å². The number of phenolic OH excluding ortho intramolecular Hbond substituents is 1. The Kier molecular flexibility index (Phi) is 3.77. The number of aliphatic carboxylic acids is 1. The van der Waals surface area contributed by atoms with Gasteiger partial charge in [-0.25, -0.2) is 0 Å². The van der Waals surface area contributed by atoms with Gasteiger partial charge >= 0.3 is 5.97 Å². The molecule has 0 fully saturated rings. The zero-order valence-electron chi connectivity index (χ0n) is 8.34. The smallest absolute Gasteiger partial charge is 0.310 e. The van der Waals surface area contributed by atoms with E-state index in [0.717, 1.165) is 0 Å². The van der Waals surface area contributed by atoms with Gasteiger partial charge in [0.15, 0.2) is 11.6 Å². The van der Waals surface area contributed by atoms with Crippen molar-refractivity contribution in [1.82, 2.24) is 0 Å². The second-order valence-electron chi connectivity index (χ2n) is 3.23. The quantitative estimate of drug-likeness (QED) is 0.573. The number of hydrogen-bond donors (Lipinski definition) is 2. The molecule has 0 aliphatic carbocycles. The largest absolute Gasteiger partial charge is 0.507 e. The van der Waals surface area contributed by atoms with Gasteiger partial charge in [0.1, 0.15) is 12.2 Å². The maximum atomic E-state index is 11.5. The van der Waals surface area contributed by atoms with Crippen LogP contribution in [0.25, 0.3) is 0 Å². The number of para-hydroxylation sites is 1. The topological polar surface area (TPSA) is 91.7 Å². The zero-order chi connectivity index (χ0) is 12.1. The van der Waals surface area contributed by atoms with Crippen molar-refractivity contribution in [2.24, 2.45) is 0 Å². The summed E-state index contributed by atoms with van der Waals surface area (Å²) in [4.78, 5) is 32.8. The Morgan fingerprint density at radius 3 is 2.25 bits per heavy atom. The van der Waals surface area contributed by atoms with Crippen LogP contribution in [0.2, 0.25) is 0 Å². The number of carbonyl (C=O) groups excluding carboxylic acids is 2. The molecular formula is C11H10O5. The molecule has 0 atom stereocenters. The first-order valence-corrected chi connectivity index (χ1v) is 4.55. The maximum absolute atomic E-state index is 11.5. The van der Waals surface area contributed by atoms with E-state index in [9.17, 15) is 19.5 Å². The third kappa shape index (κ3) is 3.20. The Morgan fingerprint density at radius 2 is 1.69 bits per heavy atom. The Bertz CT molecular complexity index is 436. The number of carboxylic acid groups (broad SMARTS) is 1. The van der Waals surface area contributed by atoms with Crippen LogP contribution in [0.5, 0.6) is 5.75 Å². The van der Waals surface area contributed by atoms with Crippen molar-refractivity contribution in [2.45, 2.75) is 12.8 Å². The summed E-state index contributed by atoms with van der Waals surface area (Å²) >= 11 is 0. The third-order valence-electron chi connectivity index (χ3n) is 1.91. The van der Waals surface area contributed by atoms with Crippen molar-refractivity contribution in [3.05, 3.63) is 29.8 Å². The highest BCUT2D eigenvalue weighted by Crippen LogP contribution is 2.17. The molecule has 0 aliphatic rings. The van der Waals surface area contributed by atoms with Crippen LogP contribution < -0.4 is 0 Å². The lowest BCUT2D eigenvalue weighted by Gasteiger charge is -2.01. The van der Waals surface area contributed by atoms with E-state index >= 15 is 0 Å². The molecule has 2 N–H and O–H groups in total. The van der Waals surface area contributed by atoms with Crippen molar-refractivity contribution in [2.75, 3.05) is 0 Å². The maximum Gasteiger partial charge on any atom is 0.310 e. The van der Waals surface area contributed by atoms with Crippen molar-refractivity contribution >= 4 is 17.5 Å². The van der Waals surface area contributed by atoms with Crippen molar-refractivity contribution in [3.63, 3.8) is 0 Å². The minimum atomic E-state index is -1.27. The fourth-order valence-electron chi connectivity index (χ4n) is 1.21. The van der Waals surface area contributed by atoms with Crippen LogP contribution >= 0.6 is 0 Å². The molecule has 0 amide bonds. The number of benzene rings is 1. The molecule has 0 aromatic heterocycles. The molecule has 16 heavy (non-hydrogen) atoms. The first-order chi connectivity index (χ1) is 7.50. The molecule has 0 bridgehead atoms. The molecule has 0 radical (unpaired) electrons. The third-order valence-corrected chi connectivity index (χ3v) is 1.91. The van der Waals surface area contributed by atoms with E-state index in [-0.39, 0.29) is 11.3 Å². The van der Waals surface area contributed by atoms with E-state index in [4.69, 9.17) is 5.11 Å². The van der Waals surface area contributed by atoms with Crippen LogP contribution in [0.1, 0.15) is 23.2 Å². The van der Waals surface area contributed by atoms with Gasteiger partial charge in [-0.15, -0.1) is 0 Å². The summed E-state index contributed by atoms with van der Waals surface area (Å²) in [5, 5.41) is 17.7. The molecule has 84 valence electrons. The fraction of sp³-hybridized carbons (Fsp3) is 0.182. The summed E-state index contributed by atoms with van der Waals surface area (Å²) in [6.45, 7) is 0. The number of Topliss-reactive ketones (excluding diaryl/α,β-unsaturated/α-hetero) is 2. The Balaban J connectivity index is 2.70. The predicted octanol–water partition coefficient (Wildman–Crippen LogP) is 1.01. The van der Waals surface area contributed by atoms with Gasteiger partial charge in [-0.1, -0.05) is 12.1 Å². The molecule has 0 saturated carbocycles. The van der Waals surface area contributed by atoms with Gasteiger partial charge in [-0.05, 0) is 12.1 Å². The molecular weight excluding hydrogens is 212 g/mol. The molecule has 0 unspecified atom stereocenters. The van der Waals surface area contributed by atoms with Crippen LogP contribution in [-0.4, -0.2) is 27.7 Å². The highest BCUT2D eigenvalue weighted by atomic mass is 16.4. The minimum Gasteiger partial charge on any atom is -0.507 e. The van der Waals surface area contributed by atoms with Gasteiger partial charge in [0.25, 0.3) is 0 Å². The molecule has 5 heteroatoms. The highest BCUT2D eigenvalue weighted by Gasteiger charge is 2.16.